The van der Waals surface area contributed by atoms with Gasteiger partial charge in [0.25, 0.3) is 0 Å². The summed E-state index contributed by atoms with van der Waals surface area (Å²) in [4.78, 5) is 25.9. The first-order valence-corrected chi connectivity index (χ1v) is 5.04. The molecule has 0 spiro atoms. The van der Waals surface area contributed by atoms with Gasteiger partial charge in [-0.15, -0.1) is 0 Å². The second-order valence-corrected chi connectivity index (χ2v) is 3.75. The molecule has 2 aromatic rings. The van der Waals surface area contributed by atoms with Crippen LogP contribution in [0.1, 0.15) is 13.3 Å². The van der Waals surface area contributed by atoms with Gasteiger partial charge >= 0.3 is 5.69 Å². The number of H-pyrrole nitrogens is 1. The molecule has 0 fully saturated rings. The molecule has 0 aliphatic rings. The van der Waals surface area contributed by atoms with Crippen LogP contribution >= 0.6 is 0 Å². The van der Waals surface area contributed by atoms with Crippen LogP contribution in [0.4, 0.5) is 5.82 Å². The van der Waals surface area contributed by atoms with E-state index < -0.39 is 0 Å². The zero-order valence-electron chi connectivity index (χ0n) is 9.17. The van der Waals surface area contributed by atoms with E-state index in [4.69, 9.17) is 5.73 Å². The average molecular weight is 236 g/mol. The van der Waals surface area contributed by atoms with Gasteiger partial charge in [0.05, 0.1) is 0 Å². The third kappa shape index (κ3) is 2.41. The van der Waals surface area contributed by atoms with E-state index >= 15 is 0 Å². The lowest BCUT2D eigenvalue weighted by atomic mass is 10.2. The molecule has 8 nitrogen and oxygen atoms in total. The van der Waals surface area contributed by atoms with Crippen LogP contribution in [0.5, 0.6) is 0 Å². The van der Waals surface area contributed by atoms with E-state index in [1.807, 2.05) is 6.92 Å². The molecule has 2 rings (SSSR count). The zero-order valence-corrected chi connectivity index (χ0v) is 9.17. The van der Waals surface area contributed by atoms with Crippen LogP contribution in [-0.4, -0.2) is 31.5 Å². The Hall–Kier alpha value is -2.38. The number of hydrogen-bond donors (Lipinski definition) is 3. The van der Waals surface area contributed by atoms with Gasteiger partial charge in [-0.1, -0.05) is 0 Å². The van der Waals surface area contributed by atoms with E-state index in [-0.39, 0.29) is 24.1 Å². The molecule has 1 atom stereocenters. The van der Waals surface area contributed by atoms with Crippen molar-refractivity contribution in [2.45, 2.75) is 19.4 Å². The summed E-state index contributed by atoms with van der Waals surface area (Å²) in [7, 11) is 0. The number of carbonyl (C=O) groups excluding carboxylic acids is 1. The fraction of sp³-hybridized carbons (Fsp3) is 0.333. The smallest absolute Gasteiger partial charge is 0.348 e. The molecular formula is C9H12N6O2. The Morgan fingerprint density at radius 2 is 2.47 bits per heavy atom. The minimum absolute atomic E-state index is 0.131. The molecule has 0 saturated carbocycles. The van der Waals surface area contributed by atoms with Crippen LogP contribution in [0.15, 0.2) is 17.2 Å². The molecule has 0 aromatic carbocycles. The third-order valence-corrected chi connectivity index (χ3v) is 2.21. The SMILES string of the molecule is CC(CC(N)=O)Nc1cc2n[nH]c(=O)n2cn1. The van der Waals surface area contributed by atoms with E-state index in [0.29, 0.717) is 11.5 Å². The maximum Gasteiger partial charge on any atom is 0.348 e. The highest BCUT2D eigenvalue weighted by Gasteiger charge is 2.08. The number of nitrogens with zero attached hydrogens (tertiary/aromatic N) is 3. The summed E-state index contributed by atoms with van der Waals surface area (Å²) < 4.78 is 1.28. The Kier molecular flexibility index (Phi) is 2.77. The van der Waals surface area contributed by atoms with Crippen molar-refractivity contribution in [1.29, 1.82) is 0 Å². The van der Waals surface area contributed by atoms with Crippen LogP contribution in [-0.2, 0) is 4.79 Å². The van der Waals surface area contributed by atoms with Crippen molar-refractivity contribution in [3.63, 3.8) is 0 Å². The maximum absolute atomic E-state index is 11.2. The minimum Gasteiger partial charge on any atom is -0.370 e. The monoisotopic (exact) mass is 236 g/mol. The van der Waals surface area contributed by atoms with Crippen molar-refractivity contribution in [1.82, 2.24) is 19.6 Å². The van der Waals surface area contributed by atoms with Gasteiger partial charge in [-0.2, -0.15) is 5.10 Å². The van der Waals surface area contributed by atoms with E-state index in [9.17, 15) is 9.59 Å². The lowest BCUT2D eigenvalue weighted by Gasteiger charge is -2.11. The normalized spacial score (nSPS) is 12.5. The summed E-state index contributed by atoms with van der Waals surface area (Å²) >= 11 is 0. The van der Waals surface area contributed by atoms with Gasteiger partial charge in [0, 0.05) is 18.5 Å². The number of primary amides is 1. The molecule has 0 radical (unpaired) electrons. The number of rotatable bonds is 4. The van der Waals surface area contributed by atoms with E-state index in [2.05, 4.69) is 20.5 Å². The highest BCUT2D eigenvalue weighted by molar-refractivity contribution is 5.74. The van der Waals surface area contributed by atoms with Gasteiger partial charge in [-0.25, -0.2) is 19.3 Å². The highest BCUT2D eigenvalue weighted by atomic mass is 16.1. The zero-order chi connectivity index (χ0) is 12.4. The van der Waals surface area contributed by atoms with Crippen LogP contribution in [0.2, 0.25) is 0 Å². The number of nitrogens with one attached hydrogen (secondary N) is 2. The summed E-state index contributed by atoms with van der Waals surface area (Å²) in [6.45, 7) is 1.81. The van der Waals surface area contributed by atoms with Crippen LogP contribution < -0.4 is 16.7 Å². The molecule has 8 heteroatoms. The quantitative estimate of drug-likeness (QED) is 0.635. The third-order valence-electron chi connectivity index (χ3n) is 2.21. The Morgan fingerprint density at radius 3 is 3.18 bits per heavy atom. The first kappa shape index (κ1) is 11.1. The molecule has 0 aliphatic carbocycles. The highest BCUT2D eigenvalue weighted by Crippen LogP contribution is 2.07. The standard InChI is InChI=1S/C9H12N6O2/c1-5(2-6(10)16)12-7-3-8-13-14-9(17)15(8)4-11-7/h3-5,12H,2H2,1H3,(H2,10,16)(H,14,17). The second kappa shape index (κ2) is 4.24. The molecular weight excluding hydrogens is 224 g/mol. The maximum atomic E-state index is 11.2. The number of aromatic amines is 1. The summed E-state index contributed by atoms with van der Waals surface area (Å²) in [5.41, 5.74) is 5.19. The molecule has 2 heterocycles. The molecule has 0 aliphatic heterocycles. The van der Waals surface area contributed by atoms with Crippen molar-refractivity contribution >= 4 is 17.4 Å². The Morgan fingerprint density at radius 1 is 1.71 bits per heavy atom. The first-order valence-electron chi connectivity index (χ1n) is 5.04. The van der Waals surface area contributed by atoms with Gasteiger partial charge in [-0.3, -0.25) is 4.79 Å². The largest absolute Gasteiger partial charge is 0.370 e. The summed E-state index contributed by atoms with van der Waals surface area (Å²) in [6.07, 6.45) is 1.57. The van der Waals surface area contributed by atoms with Gasteiger partial charge in [0.1, 0.15) is 12.1 Å². The van der Waals surface area contributed by atoms with Crippen LogP contribution in [0.3, 0.4) is 0 Å². The molecule has 1 unspecified atom stereocenters. The van der Waals surface area contributed by atoms with Crippen molar-refractivity contribution in [3.8, 4) is 0 Å². The van der Waals surface area contributed by atoms with Crippen molar-refractivity contribution in [3.05, 3.63) is 22.9 Å². The fourth-order valence-electron chi connectivity index (χ4n) is 1.49. The van der Waals surface area contributed by atoms with Crippen molar-refractivity contribution in [2.24, 2.45) is 5.73 Å². The van der Waals surface area contributed by atoms with E-state index in [1.165, 1.54) is 10.7 Å². The van der Waals surface area contributed by atoms with Gasteiger partial charge < -0.3 is 11.1 Å². The van der Waals surface area contributed by atoms with Gasteiger partial charge in [0.15, 0.2) is 5.65 Å². The molecule has 0 bridgehead atoms. The first-order chi connectivity index (χ1) is 8.06. The number of aromatic nitrogens is 4. The van der Waals surface area contributed by atoms with E-state index in [0.717, 1.165) is 0 Å². The molecule has 17 heavy (non-hydrogen) atoms. The van der Waals surface area contributed by atoms with Gasteiger partial charge in [-0.05, 0) is 6.92 Å². The fourth-order valence-corrected chi connectivity index (χ4v) is 1.49. The molecule has 0 saturated heterocycles. The Balaban J connectivity index is 2.19. The molecule has 90 valence electrons. The van der Waals surface area contributed by atoms with E-state index in [1.54, 1.807) is 6.07 Å². The Labute approximate surface area is 95.8 Å². The van der Waals surface area contributed by atoms with Crippen molar-refractivity contribution in [2.75, 3.05) is 5.32 Å². The predicted molar refractivity (Wildman–Crippen MR) is 60.5 cm³/mol. The lowest BCUT2D eigenvalue weighted by molar-refractivity contribution is -0.118. The predicted octanol–water partition coefficient (Wildman–Crippen LogP) is -0.907. The number of nitrogens with two attached hydrogens (primary N) is 1. The Bertz CT molecular complexity index is 601. The minimum atomic E-state index is -0.387. The molecule has 4 N–H and O–H groups in total. The molecule has 2 aromatic heterocycles. The van der Waals surface area contributed by atoms with Crippen LogP contribution in [0, 0.1) is 0 Å². The number of hydrogen-bond acceptors (Lipinski definition) is 5. The van der Waals surface area contributed by atoms with Gasteiger partial charge in [0.2, 0.25) is 5.91 Å². The number of carbonyl (C=O) groups is 1. The van der Waals surface area contributed by atoms with Crippen LogP contribution in [0.25, 0.3) is 5.65 Å². The number of fused-ring (bicyclic) bond motifs is 1. The number of anilines is 1. The average Bonchev–Trinajstić information content (AvgIpc) is 2.58. The lowest BCUT2D eigenvalue weighted by Crippen LogP contribution is -2.24. The molecule has 1 amide bonds. The summed E-state index contributed by atoms with van der Waals surface area (Å²) in [6, 6.07) is 1.48. The second-order valence-electron chi connectivity index (χ2n) is 3.75. The van der Waals surface area contributed by atoms with Crippen molar-refractivity contribution < 1.29 is 4.79 Å². The topological polar surface area (TPSA) is 118 Å². The summed E-state index contributed by atoms with van der Waals surface area (Å²) in [5.74, 6) is 0.146. The summed E-state index contributed by atoms with van der Waals surface area (Å²) in [5, 5.41) is 9.10. The number of amides is 1.